The molecular formula is C17H18N4. The highest BCUT2D eigenvalue weighted by atomic mass is 15.2. The summed E-state index contributed by atoms with van der Waals surface area (Å²) < 4.78 is 0. The van der Waals surface area contributed by atoms with E-state index in [9.17, 15) is 0 Å². The van der Waals surface area contributed by atoms with Gasteiger partial charge in [0, 0.05) is 5.56 Å². The van der Waals surface area contributed by atoms with Crippen LogP contribution in [0.5, 0.6) is 0 Å². The van der Waals surface area contributed by atoms with E-state index < -0.39 is 0 Å². The molecular weight excluding hydrogens is 260 g/mol. The standard InChI is InChI=1S/C17H18N4/c1-12-7-5-6-10-14(12)16-19-17(21-20-16)15(18)11-13-8-3-2-4-9-13/h2-10,15H,11,18H2,1H3,(H,19,20,21). The zero-order valence-electron chi connectivity index (χ0n) is 12.0. The number of nitrogens with one attached hydrogen (secondary N) is 1. The molecule has 0 bridgehead atoms. The van der Waals surface area contributed by atoms with Crippen LogP contribution >= 0.6 is 0 Å². The molecule has 0 aliphatic heterocycles. The molecule has 1 aromatic heterocycles. The lowest BCUT2D eigenvalue weighted by molar-refractivity contribution is 0.671. The van der Waals surface area contributed by atoms with Gasteiger partial charge >= 0.3 is 0 Å². The predicted octanol–water partition coefficient (Wildman–Crippen LogP) is 3.02. The first-order chi connectivity index (χ1) is 10.2. The number of aromatic amines is 1. The fourth-order valence-electron chi connectivity index (χ4n) is 2.35. The van der Waals surface area contributed by atoms with Crippen LogP contribution in [0.4, 0.5) is 0 Å². The van der Waals surface area contributed by atoms with Gasteiger partial charge < -0.3 is 5.73 Å². The summed E-state index contributed by atoms with van der Waals surface area (Å²) in [5.41, 5.74) is 9.60. The smallest absolute Gasteiger partial charge is 0.181 e. The molecule has 0 amide bonds. The Morgan fingerprint density at radius 3 is 2.52 bits per heavy atom. The molecule has 4 heteroatoms. The van der Waals surface area contributed by atoms with Crippen molar-refractivity contribution in [2.24, 2.45) is 5.73 Å². The quantitative estimate of drug-likeness (QED) is 0.771. The summed E-state index contributed by atoms with van der Waals surface area (Å²) in [6.45, 7) is 2.05. The lowest BCUT2D eigenvalue weighted by Crippen LogP contribution is -2.15. The number of aryl methyl sites for hydroxylation is 1. The van der Waals surface area contributed by atoms with Gasteiger partial charge in [0.15, 0.2) is 5.82 Å². The number of rotatable bonds is 4. The Hall–Kier alpha value is -2.46. The monoisotopic (exact) mass is 278 g/mol. The molecule has 0 aliphatic carbocycles. The van der Waals surface area contributed by atoms with Crippen molar-refractivity contribution >= 4 is 0 Å². The lowest BCUT2D eigenvalue weighted by Gasteiger charge is -2.07. The molecule has 3 N–H and O–H groups in total. The van der Waals surface area contributed by atoms with Crippen molar-refractivity contribution in [1.29, 1.82) is 0 Å². The van der Waals surface area contributed by atoms with E-state index in [4.69, 9.17) is 5.73 Å². The normalized spacial score (nSPS) is 12.3. The van der Waals surface area contributed by atoms with Crippen LogP contribution < -0.4 is 5.73 Å². The second-order valence-corrected chi connectivity index (χ2v) is 5.16. The first-order valence-electron chi connectivity index (χ1n) is 7.02. The third kappa shape index (κ3) is 3.01. The summed E-state index contributed by atoms with van der Waals surface area (Å²) in [7, 11) is 0. The Morgan fingerprint density at radius 1 is 1.05 bits per heavy atom. The molecule has 0 aliphatic rings. The molecule has 3 aromatic rings. The molecule has 0 fully saturated rings. The van der Waals surface area contributed by atoms with Crippen LogP contribution in [0.3, 0.4) is 0 Å². The maximum atomic E-state index is 6.22. The van der Waals surface area contributed by atoms with Gasteiger partial charge in [-0.3, -0.25) is 5.10 Å². The van der Waals surface area contributed by atoms with E-state index in [2.05, 4.69) is 40.3 Å². The number of benzene rings is 2. The third-order valence-electron chi connectivity index (χ3n) is 3.54. The average molecular weight is 278 g/mol. The summed E-state index contributed by atoms with van der Waals surface area (Å²) in [5.74, 6) is 1.42. The maximum Gasteiger partial charge on any atom is 0.181 e. The summed E-state index contributed by atoms with van der Waals surface area (Å²) in [5, 5.41) is 7.26. The summed E-state index contributed by atoms with van der Waals surface area (Å²) >= 11 is 0. The highest BCUT2D eigenvalue weighted by Crippen LogP contribution is 2.21. The predicted molar refractivity (Wildman–Crippen MR) is 83.6 cm³/mol. The Morgan fingerprint density at radius 2 is 1.76 bits per heavy atom. The van der Waals surface area contributed by atoms with Gasteiger partial charge in [0.25, 0.3) is 0 Å². The van der Waals surface area contributed by atoms with Crippen molar-refractivity contribution < 1.29 is 0 Å². The van der Waals surface area contributed by atoms with Crippen LogP contribution in [-0.2, 0) is 6.42 Å². The highest BCUT2D eigenvalue weighted by Gasteiger charge is 2.14. The van der Waals surface area contributed by atoms with Crippen molar-refractivity contribution in [1.82, 2.24) is 15.2 Å². The van der Waals surface area contributed by atoms with Gasteiger partial charge in [-0.25, -0.2) is 4.98 Å². The third-order valence-corrected chi connectivity index (χ3v) is 3.54. The Labute approximate surface area is 124 Å². The molecule has 106 valence electrons. The van der Waals surface area contributed by atoms with E-state index in [1.807, 2.05) is 36.4 Å². The molecule has 1 atom stereocenters. The average Bonchev–Trinajstić information content (AvgIpc) is 2.98. The molecule has 3 rings (SSSR count). The number of nitrogens with zero attached hydrogens (tertiary/aromatic N) is 2. The molecule has 0 radical (unpaired) electrons. The molecule has 1 unspecified atom stereocenters. The van der Waals surface area contributed by atoms with Crippen LogP contribution in [-0.4, -0.2) is 15.2 Å². The largest absolute Gasteiger partial charge is 0.321 e. The molecule has 0 saturated carbocycles. The molecule has 0 spiro atoms. The van der Waals surface area contributed by atoms with Crippen LogP contribution in [0, 0.1) is 6.92 Å². The van der Waals surface area contributed by atoms with Gasteiger partial charge in [0.1, 0.15) is 5.82 Å². The van der Waals surface area contributed by atoms with E-state index in [1.54, 1.807) is 0 Å². The van der Waals surface area contributed by atoms with Crippen LogP contribution in [0.2, 0.25) is 0 Å². The molecule has 1 heterocycles. The van der Waals surface area contributed by atoms with Gasteiger partial charge in [-0.1, -0.05) is 54.6 Å². The van der Waals surface area contributed by atoms with Crippen LogP contribution in [0.15, 0.2) is 54.6 Å². The first kappa shape index (κ1) is 13.5. The summed E-state index contributed by atoms with van der Waals surface area (Å²) in [6.07, 6.45) is 0.739. The topological polar surface area (TPSA) is 67.6 Å². The molecule has 4 nitrogen and oxygen atoms in total. The van der Waals surface area contributed by atoms with E-state index in [0.29, 0.717) is 5.82 Å². The van der Waals surface area contributed by atoms with Gasteiger partial charge in [0.2, 0.25) is 0 Å². The Bertz CT molecular complexity index is 718. The Balaban J connectivity index is 1.80. The fourth-order valence-corrected chi connectivity index (χ4v) is 2.35. The number of hydrogen-bond acceptors (Lipinski definition) is 3. The summed E-state index contributed by atoms with van der Waals surface area (Å²) in [4.78, 5) is 4.55. The van der Waals surface area contributed by atoms with E-state index in [1.165, 1.54) is 5.56 Å². The summed E-state index contributed by atoms with van der Waals surface area (Å²) in [6, 6.07) is 18.0. The first-order valence-corrected chi connectivity index (χ1v) is 7.02. The molecule has 0 saturated heterocycles. The highest BCUT2D eigenvalue weighted by molar-refractivity contribution is 5.59. The second kappa shape index (κ2) is 5.89. The van der Waals surface area contributed by atoms with Crippen molar-refractivity contribution in [2.75, 3.05) is 0 Å². The van der Waals surface area contributed by atoms with Gasteiger partial charge in [-0.2, -0.15) is 5.10 Å². The van der Waals surface area contributed by atoms with Crippen molar-refractivity contribution in [3.63, 3.8) is 0 Å². The minimum absolute atomic E-state index is 0.183. The SMILES string of the molecule is Cc1ccccc1-c1n[nH]c(C(N)Cc2ccccc2)n1. The number of hydrogen-bond donors (Lipinski definition) is 2. The van der Waals surface area contributed by atoms with Crippen LogP contribution in [0.25, 0.3) is 11.4 Å². The zero-order chi connectivity index (χ0) is 14.7. The number of nitrogens with two attached hydrogens (primary N) is 1. The maximum absolute atomic E-state index is 6.22. The fraction of sp³-hybridized carbons (Fsp3) is 0.176. The van der Waals surface area contributed by atoms with E-state index in [-0.39, 0.29) is 6.04 Å². The van der Waals surface area contributed by atoms with Crippen LogP contribution in [0.1, 0.15) is 23.0 Å². The second-order valence-electron chi connectivity index (χ2n) is 5.16. The van der Waals surface area contributed by atoms with Gasteiger partial charge in [0.05, 0.1) is 6.04 Å². The zero-order valence-corrected chi connectivity index (χ0v) is 12.0. The lowest BCUT2D eigenvalue weighted by atomic mass is 10.1. The molecule has 21 heavy (non-hydrogen) atoms. The number of H-pyrrole nitrogens is 1. The van der Waals surface area contributed by atoms with Crippen molar-refractivity contribution in [2.45, 2.75) is 19.4 Å². The number of aromatic nitrogens is 3. The van der Waals surface area contributed by atoms with Crippen molar-refractivity contribution in [3.8, 4) is 11.4 Å². The van der Waals surface area contributed by atoms with E-state index >= 15 is 0 Å². The van der Waals surface area contributed by atoms with Gasteiger partial charge in [-0.05, 0) is 24.5 Å². The van der Waals surface area contributed by atoms with Gasteiger partial charge in [-0.15, -0.1) is 0 Å². The Kier molecular flexibility index (Phi) is 3.79. The minimum Gasteiger partial charge on any atom is -0.321 e. The van der Waals surface area contributed by atoms with E-state index in [0.717, 1.165) is 23.4 Å². The minimum atomic E-state index is -0.183. The van der Waals surface area contributed by atoms with Crippen molar-refractivity contribution in [3.05, 3.63) is 71.5 Å². The molecule has 2 aromatic carbocycles.